The molecule has 4 rings (SSSR count). The van der Waals surface area contributed by atoms with Gasteiger partial charge in [-0.1, -0.05) is 12.1 Å². The minimum absolute atomic E-state index is 0.119. The lowest BCUT2D eigenvalue weighted by Gasteiger charge is -2.30. The van der Waals surface area contributed by atoms with Gasteiger partial charge in [0.05, 0.1) is 19.7 Å². The van der Waals surface area contributed by atoms with Crippen LogP contribution in [0.5, 0.6) is 11.5 Å². The number of urea groups is 1. The van der Waals surface area contributed by atoms with Crippen molar-refractivity contribution < 1.29 is 37.3 Å². The maximum absolute atomic E-state index is 12.5. The zero-order chi connectivity index (χ0) is 30.2. The highest BCUT2D eigenvalue weighted by molar-refractivity contribution is 5.90. The Labute approximate surface area is 235 Å². The number of hydrogen-bond donors (Lipinski definition) is 4. The first-order valence-corrected chi connectivity index (χ1v) is 12.7. The van der Waals surface area contributed by atoms with Gasteiger partial charge in [0.2, 0.25) is 5.95 Å². The third-order valence-corrected chi connectivity index (χ3v) is 6.29. The van der Waals surface area contributed by atoms with Gasteiger partial charge in [0.1, 0.15) is 5.82 Å². The molecule has 11 nitrogen and oxygen atoms in total. The number of nitrogens with zero attached hydrogens (tertiary/aromatic N) is 3. The van der Waals surface area contributed by atoms with Gasteiger partial charge in [-0.15, -0.1) is 0 Å². The summed E-state index contributed by atoms with van der Waals surface area (Å²) in [5, 5.41) is 17.6. The van der Waals surface area contributed by atoms with Gasteiger partial charge in [-0.05, 0) is 49.9 Å². The van der Waals surface area contributed by atoms with Crippen LogP contribution in [0.3, 0.4) is 0 Å². The number of anilines is 3. The van der Waals surface area contributed by atoms with Crippen molar-refractivity contribution in [2.24, 2.45) is 0 Å². The van der Waals surface area contributed by atoms with E-state index < -0.39 is 12.1 Å². The van der Waals surface area contributed by atoms with Crippen LogP contribution in [0.4, 0.5) is 35.4 Å². The summed E-state index contributed by atoms with van der Waals surface area (Å²) in [4.78, 5) is 32.8. The number of alkyl halides is 3. The number of nitrogens with one attached hydrogen (secondary N) is 3. The molecule has 14 heteroatoms. The van der Waals surface area contributed by atoms with E-state index in [2.05, 4.69) is 16.0 Å². The fourth-order valence-electron chi connectivity index (χ4n) is 4.30. The van der Waals surface area contributed by atoms with Crippen molar-refractivity contribution >= 4 is 40.4 Å². The lowest BCUT2D eigenvalue weighted by Crippen LogP contribution is -2.42. The van der Waals surface area contributed by atoms with Gasteiger partial charge in [-0.2, -0.15) is 18.2 Å². The maximum Gasteiger partial charge on any atom is 0.490 e. The molecular formula is C27H33F3N6O5. The van der Waals surface area contributed by atoms with Crippen LogP contribution >= 0.6 is 0 Å². The minimum atomic E-state index is -5.08. The van der Waals surface area contributed by atoms with E-state index in [1.54, 1.807) is 32.4 Å². The summed E-state index contributed by atoms with van der Waals surface area (Å²) in [7, 11) is 7.12. The van der Waals surface area contributed by atoms with E-state index in [0.29, 0.717) is 23.1 Å². The number of carbonyl (C=O) groups excluding carboxylic acids is 1. The average molecular weight is 579 g/mol. The molecule has 1 aliphatic carbocycles. The molecule has 1 aromatic heterocycles. The van der Waals surface area contributed by atoms with Gasteiger partial charge in [0, 0.05) is 43.3 Å². The quantitative estimate of drug-likeness (QED) is 0.309. The van der Waals surface area contributed by atoms with Crippen molar-refractivity contribution in [1.82, 2.24) is 15.3 Å². The number of halogens is 3. The standard InChI is InChI=1S/C25H32N6O3.C2HF3O2/c1-31(2)23-19-7-5-6-8-20(19)29-24(30-23)26-16-9-11-17(12-10-16)27-25(32)28-18-13-14-21(33-3)22(15-18)34-4;3-2(4,5)1(6)7/h5-8,13-17H,9-12H2,1-4H3,(H,26,29,30)(H2,27,28,32);(H,6,7)/t16-,17+;. The molecular weight excluding hydrogens is 545 g/mol. The first-order valence-electron chi connectivity index (χ1n) is 12.7. The van der Waals surface area contributed by atoms with Crippen molar-refractivity contribution in [1.29, 1.82) is 0 Å². The third-order valence-electron chi connectivity index (χ3n) is 6.29. The first kappa shape index (κ1) is 31.0. The molecule has 0 radical (unpaired) electrons. The van der Waals surface area contributed by atoms with Crippen LogP contribution < -0.4 is 30.3 Å². The summed E-state index contributed by atoms with van der Waals surface area (Å²) >= 11 is 0. The highest BCUT2D eigenvalue weighted by Gasteiger charge is 2.38. The van der Waals surface area contributed by atoms with Crippen molar-refractivity contribution in [2.75, 3.05) is 43.8 Å². The van der Waals surface area contributed by atoms with Gasteiger partial charge >= 0.3 is 18.2 Å². The Bertz CT molecular complexity index is 1350. The van der Waals surface area contributed by atoms with Crippen LogP contribution in [-0.2, 0) is 4.79 Å². The second kappa shape index (κ2) is 13.7. The van der Waals surface area contributed by atoms with Crippen LogP contribution in [0.25, 0.3) is 10.9 Å². The number of aromatic nitrogens is 2. The Morgan fingerprint density at radius 2 is 1.56 bits per heavy atom. The fourth-order valence-corrected chi connectivity index (χ4v) is 4.30. The lowest BCUT2D eigenvalue weighted by molar-refractivity contribution is -0.192. The monoisotopic (exact) mass is 578 g/mol. The van der Waals surface area contributed by atoms with Crippen LogP contribution in [-0.4, -0.2) is 73.6 Å². The predicted molar refractivity (Wildman–Crippen MR) is 149 cm³/mol. The summed E-state index contributed by atoms with van der Waals surface area (Å²) in [5.41, 5.74) is 1.57. The number of aliphatic carboxylic acids is 1. The van der Waals surface area contributed by atoms with Gasteiger partial charge in [-0.25, -0.2) is 14.6 Å². The third kappa shape index (κ3) is 8.75. The summed E-state index contributed by atoms with van der Waals surface area (Å²) in [6.45, 7) is 0. The highest BCUT2D eigenvalue weighted by atomic mass is 19.4. The van der Waals surface area contributed by atoms with Gasteiger partial charge in [0.25, 0.3) is 0 Å². The first-order chi connectivity index (χ1) is 19.4. The van der Waals surface area contributed by atoms with Crippen molar-refractivity contribution in [3.05, 3.63) is 42.5 Å². The predicted octanol–water partition coefficient (Wildman–Crippen LogP) is 4.89. The van der Waals surface area contributed by atoms with E-state index in [1.807, 2.05) is 43.3 Å². The van der Waals surface area contributed by atoms with Crippen molar-refractivity contribution in [2.45, 2.75) is 43.9 Å². The molecule has 222 valence electrons. The summed E-state index contributed by atoms with van der Waals surface area (Å²) in [6.07, 6.45) is -1.47. The molecule has 0 spiro atoms. The van der Waals surface area contributed by atoms with Crippen molar-refractivity contribution in [3.8, 4) is 11.5 Å². The highest BCUT2D eigenvalue weighted by Crippen LogP contribution is 2.30. The van der Waals surface area contributed by atoms with E-state index in [1.165, 1.54) is 0 Å². The Hall–Kier alpha value is -4.49. The minimum Gasteiger partial charge on any atom is -0.493 e. The number of methoxy groups -OCH3 is 2. The molecule has 0 saturated heterocycles. The largest absolute Gasteiger partial charge is 0.493 e. The molecule has 0 unspecified atom stereocenters. The molecule has 41 heavy (non-hydrogen) atoms. The molecule has 0 atom stereocenters. The number of benzene rings is 2. The average Bonchev–Trinajstić information content (AvgIpc) is 2.93. The number of ether oxygens (including phenoxy) is 2. The zero-order valence-corrected chi connectivity index (χ0v) is 23.1. The molecule has 3 aromatic rings. The number of carboxylic acids is 1. The molecule has 2 aromatic carbocycles. The lowest BCUT2D eigenvalue weighted by atomic mass is 9.91. The summed E-state index contributed by atoms with van der Waals surface area (Å²) in [6, 6.07) is 13.5. The number of amides is 2. The second-order valence-electron chi connectivity index (χ2n) is 9.45. The molecule has 4 N–H and O–H groups in total. The van der Waals surface area contributed by atoms with E-state index >= 15 is 0 Å². The Balaban J connectivity index is 0.000000587. The molecule has 2 amide bonds. The fraction of sp³-hybridized carbons (Fsp3) is 0.407. The number of carbonyl (C=O) groups is 2. The molecule has 1 fully saturated rings. The normalized spacial score (nSPS) is 16.6. The molecule has 0 aliphatic heterocycles. The molecule has 0 bridgehead atoms. The Kier molecular flexibility index (Phi) is 10.4. The van der Waals surface area contributed by atoms with E-state index in [-0.39, 0.29) is 18.1 Å². The van der Waals surface area contributed by atoms with E-state index in [4.69, 9.17) is 29.3 Å². The molecule has 1 saturated carbocycles. The van der Waals surface area contributed by atoms with Gasteiger partial charge < -0.3 is 35.4 Å². The SMILES string of the molecule is COc1ccc(NC(=O)N[C@H]2CC[C@@H](Nc3nc(N(C)C)c4ccccc4n3)CC2)cc1OC.O=C(O)C(F)(F)F. The van der Waals surface area contributed by atoms with E-state index in [9.17, 15) is 18.0 Å². The molecule has 1 aliphatic rings. The summed E-state index contributed by atoms with van der Waals surface area (Å²) < 4.78 is 42.3. The number of para-hydroxylation sites is 1. The van der Waals surface area contributed by atoms with Crippen LogP contribution in [0.1, 0.15) is 25.7 Å². The molecule has 1 heterocycles. The van der Waals surface area contributed by atoms with Gasteiger partial charge in [-0.3, -0.25) is 0 Å². The number of carboxylic acid groups (broad SMARTS) is 1. The zero-order valence-electron chi connectivity index (χ0n) is 23.1. The van der Waals surface area contributed by atoms with Gasteiger partial charge in [0.15, 0.2) is 11.5 Å². The smallest absolute Gasteiger partial charge is 0.490 e. The number of fused-ring (bicyclic) bond motifs is 1. The van der Waals surface area contributed by atoms with Crippen LogP contribution in [0, 0.1) is 0 Å². The van der Waals surface area contributed by atoms with Crippen LogP contribution in [0.2, 0.25) is 0 Å². The van der Waals surface area contributed by atoms with Crippen LogP contribution in [0.15, 0.2) is 42.5 Å². The second-order valence-corrected chi connectivity index (χ2v) is 9.45. The van der Waals surface area contributed by atoms with Crippen molar-refractivity contribution in [3.63, 3.8) is 0 Å². The summed E-state index contributed by atoms with van der Waals surface area (Å²) in [5.74, 6) is -0.0274. The topological polar surface area (TPSA) is 138 Å². The maximum atomic E-state index is 12.5. The Morgan fingerprint density at radius 3 is 2.15 bits per heavy atom. The van der Waals surface area contributed by atoms with E-state index in [0.717, 1.165) is 42.4 Å². The Morgan fingerprint density at radius 1 is 0.951 bits per heavy atom. The number of hydrogen-bond acceptors (Lipinski definition) is 8. The number of rotatable bonds is 7.